The summed E-state index contributed by atoms with van der Waals surface area (Å²) < 4.78 is 12.3. The van der Waals surface area contributed by atoms with Crippen molar-refractivity contribution in [3.8, 4) is 28.4 Å². The van der Waals surface area contributed by atoms with Crippen molar-refractivity contribution >= 4 is 29.1 Å². The largest absolute Gasteiger partial charge is 0.497 e. The van der Waals surface area contributed by atoms with Crippen LogP contribution in [0.5, 0.6) is 11.5 Å². The lowest BCUT2D eigenvalue weighted by Crippen LogP contribution is -2.38. The van der Waals surface area contributed by atoms with Gasteiger partial charge in [0.25, 0.3) is 5.91 Å². The number of anilines is 1. The second kappa shape index (κ2) is 11.4. The van der Waals surface area contributed by atoms with Crippen molar-refractivity contribution in [1.29, 1.82) is 0 Å². The van der Waals surface area contributed by atoms with Gasteiger partial charge in [0.1, 0.15) is 18.0 Å². The molecule has 4 rings (SSSR count). The minimum atomic E-state index is -0.372. The van der Waals surface area contributed by atoms with E-state index in [0.717, 1.165) is 17.0 Å². The first-order valence-corrected chi connectivity index (χ1v) is 12.0. The number of amides is 2. The van der Waals surface area contributed by atoms with Crippen LogP contribution in [-0.4, -0.2) is 53.6 Å². The molecule has 0 aliphatic rings. The molecule has 4 aromatic rings. The molecule has 9 heteroatoms. The van der Waals surface area contributed by atoms with Crippen LogP contribution in [0, 0.1) is 0 Å². The van der Waals surface area contributed by atoms with Crippen molar-refractivity contribution in [2.75, 3.05) is 32.6 Å². The van der Waals surface area contributed by atoms with E-state index in [2.05, 4.69) is 16.9 Å². The van der Waals surface area contributed by atoms with E-state index in [4.69, 9.17) is 9.47 Å². The normalized spacial score (nSPS) is 10.5. The third kappa shape index (κ3) is 5.64. The van der Waals surface area contributed by atoms with Crippen LogP contribution in [0.2, 0.25) is 0 Å². The van der Waals surface area contributed by atoms with Crippen LogP contribution < -0.4 is 14.8 Å². The zero-order valence-electron chi connectivity index (χ0n) is 20.0. The number of rotatable bonds is 10. The van der Waals surface area contributed by atoms with Gasteiger partial charge in [-0.15, -0.1) is 17.9 Å². The maximum Gasteiger partial charge on any atom is 0.264 e. The fraction of sp³-hybridized carbons (Fsp3) is 0.148. The first kappa shape index (κ1) is 24.7. The molecule has 2 amide bonds. The Balaban J connectivity index is 1.62. The van der Waals surface area contributed by atoms with E-state index in [0.29, 0.717) is 22.3 Å². The van der Waals surface area contributed by atoms with Gasteiger partial charge in [-0.05, 0) is 60.0 Å². The molecule has 2 aromatic carbocycles. The van der Waals surface area contributed by atoms with Crippen molar-refractivity contribution in [2.24, 2.45) is 0 Å². The smallest absolute Gasteiger partial charge is 0.264 e. The van der Waals surface area contributed by atoms with Crippen LogP contribution in [0.15, 0.2) is 84.9 Å². The Bertz CT molecular complexity index is 1330. The Hall–Kier alpha value is -4.37. The third-order valence-electron chi connectivity index (χ3n) is 5.40. The standard InChI is InChI=1S/C27H26N4O4S/c1-4-15-30(26(33)24-6-5-16-36-24)18-25(32)29-27-28-23(19-7-11-21(34-2)12-8-19)17-31(27)20-9-13-22(35-3)14-10-20/h4-14,16-17H,1,15,18H2,2-3H3,(H,28,29,32). The van der Waals surface area contributed by atoms with Gasteiger partial charge in [0.05, 0.1) is 24.8 Å². The van der Waals surface area contributed by atoms with E-state index >= 15 is 0 Å². The topological polar surface area (TPSA) is 85.7 Å². The van der Waals surface area contributed by atoms with Gasteiger partial charge in [0.15, 0.2) is 0 Å². The van der Waals surface area contributed by atoms with E-state index in [9.17, 15) is 9.59 Å². The lowest BCUT2D eigenvalue weighted by atomic mass is 10.1. The number of ether oxygens (including phenoxy) is 2. The predicted octanol–water partition coefficient (Wildman–Crippen LogP) is 4.88. The molecule has 36 heavy (non-hydrogen) atoms. The van der Waals surface area contributed by atoms with E-state index in [1.807, 2.05) is 60.1 Å². The average Bonchev–Trinajstić information content (AvgIpc) is 3.59. The summed E-state index contributed by atoms with van der Waals surface area (Å²) >= 11 is 1.33. The Morgan fingerprint density at radius 3 is 2.31 bits per heavy atom. The van der Waals surface area contributed by atoms with Gasteiger partial charge in [-0.1, -0.05) is 12.1 Å². The molecule has 0 unspecified atom stereocenters. The predicted molar refractivity (Wildman–Crippen MR) is 141 cm³/mol. The summed E-state index contributed by atoms with van der Waals surface area (Å²) in [5.41, 5.74) is 2.32. The maximum atomic E-state index is 13.1. The number of benzene rings is 2. The lowest BCUT2D eigenvalue weighted by molar-refractivity contribution is -0.116. The molecule has 8 nitrogen and oxygen atoms in total. The van der Waals surface area contributed by atoms with E-state index < -0.39 is 0 Å². The van der Waals surface area contributed by atoms with Gasteiger partial charge in [0.2, 0.25) is 11.9 Å². The van der Waals surface area contributed by atoms with Gasteiger partial charge in [-0.3, -0.25) is 19.5 Å². The van der Waals surface area contributed by atoms with E-state index in [1.54, 1.807) is 37.0 Å². The average molecular weight is 503 g/mol. The molecule has 0 atom stereocenters. The molecule has 0 spiro atoms. The maximum absolute atomic E-state index is 13.1. The highest BCUT2D eigenvalue weighted by molar-refractivity contribution is 7.12. The van der Waals surface area contributed by atoms with Crippen LogP contribution in [0.4, 0.5) is 5.95 Å². The number of hydrogen-bond acceptors (Lipinski definition) is 6. The fourth-order valence-corrected chi connectivity index (χ4v) is 4.27. The highest BCUT2D eigenvalue weighted by atomic mass is 32.1. The third-order valence-corrected chi connectivity index (χ3v) is 6.25. The summed E-state index contributed by atoms with van der Waals surface area (Å²) in [5, 5.41) is 4.70. The molecular formula is C27H26N4O4S. The van der Waals surface area contributed by atoms with Gasteiger partial charge < -0.3 is 14.4 Å². The molecular weight excluding hydrogens is 476 g/mol. The molecule has 2 aromatic heterocycles. The first-order valence-electron chi connectivity index (χ1n) is 11.1. The van der Waals surface area contributed by atoms with Gasteiger partial charge in [0, 0.05) is 24.0 Å². The number of hydrogen-bond donors (Lipinski definition) is 1. The second-order valence-corrected chi connectivity index (χ2v) is 8.69. The molecule has 0 saturated carbocycles. The highest BCUT2D eigenvalue weighted by Gasteiger charge is 2.21. The zero-order chi connectivity index (χ0) is 25.5. The Morgan fingerprint density at radius 1 is 1.06 bits per heavy atom. The van der Waals surface area contributed by atoms with Crippen LogP contribution in [0.3, 0.4) is 0 Å². The monoisotopic (exact) mass is 502 g/mol. The van der Waals surface area contributed by atoms with Gasteiger partial charge >= 0.3 is 0 Å². The molecule has 1 N–H and O–H groups in total. The summed E-state index contributed by atoms with van der Waals surface area (Å²) in [6.07, 6.45) is 3.44. The minimum Gasteiger partial charge on any atom is -0.497 e. The number of nitrogens with zero attached hydrogens (tertiary/aromatic N) is 3. The Kier molecular flexibility index (Phi) is 7.82. The molecule has 0 saturated heterocycles. The van der Waals surface area contributed by atoms with Crippen LogP contribution in [0.25, 0.3) is 16.9 Å². The number of aromatic nitrogens is 2. The quantitative estimate of drug-likeness (QED) is 0.312. The van der Waals surface area contributed by atoms with Crippen LogP contribution >= 0.6 is 11.3 Å². The van der Waals surface area contributed by atoms with E-state index in [-0.39, 0.29) is 24.9 Å². The second-order valence-electron chi connectivity index (χ2n) is 7.75. The molecule has 0 aliphatic carbocycles. The number of carbonyl (C=O) groups excluding carboxylic acids is 2. The highest BCUT2D eigenvalue weighted by Crippen LogP contribution is 2.27. The van der Waals surface area contributed by atoms with Crippen molar-refractivity contribution in [1.82, 2.24) is 14.5 Å². The molecule has 184 valence electrons. The van der Waals surface area contributed by atoms with Crippen molar-refractivity contribution in [3.05, 3.63) is 89.8 Å². The molecule has 0 fully saturated rings. The van der Waals surface area contributed by atoms with Crippen molar-refractivity contribution in [2.45, 2.75) is 0 Å². The van der Waals surface area contributed by atoms with Gasteiger partial charge in [-0.2, -0.15) is 0 Å². The number of imidazole rings is 1. The van der Waals surface area contributed by atoms with Crippen LogP contribution in [-0.2, 0) is 4.79 Å². The summed E-state index contributed by atoms with van der Waals surface area (Å²) in [6, 6.07) is 18.4. The molecule has 0 aliphatic heterocycles. The lowest BCUT2D eigenvalue weighted by Gasteiger charge is -2.20. The van der Waals surface area contributed by atoms with E-state index in [1.165, 1.54) is 16.2 Å². The number of nitrogens with one attached hydrogen (secondary N) is 1. The number of carbonyl (C=O) groups is 2. The fourth-order valence-electron chi connectivity index (χ4n) is 3.58. The summed E-state index contributed by atoms with van der Waals surface area (Å²) in [4.78, 5) is 32.6. The Labute approximate surface area is 213 Å². The Morgan fingerprint density at radius 2 is 1.72 bits per heavy atom. The van der Waals surface area contributed by atoms with Crippen molar-refractivity contribution < 1.29 is 19.1 Å². The zero-order valence-corrected chi connectivity index (χ0v) is 20.8. The van der Waals surface area contributed by atoms with Crippen LogP contribution in [0.1, 0.15) is 9.67 Å². The molecule has 2 heterocycles. The summed E-state index contributed by atoms with van der Waals surface area (Å²) in [6.45, 7) is 3.82. The van der Waals surface area contributed by atoms with Crippen molar-refractivity contribution in [3.63, 3.8) is 0 Å². The number of methoxy groups -OCH3 is 2. The first-order chi connectivity index (χ1) is 17.5. The summed E-state index contributed by atoms with van der Waals surface area (Å²) in [7, 11) is 3.21. The molecule has 0 bridgehead atoms. The number of thiophene rings is 1. The summed E-state index contributed by atoms with van der Waals surface area (Å²) in [5.74, 6) is 1.19. The van der Waals surface area contributed by atoms with Gasteiger partial charge in [-0.25, -0.2) is 4.98 Å². The SMILES string of the molecule is C=CCN(CC(=O)Nc1nc(-c2ccc(OC)cc2)cn1-c1ccc(OC)cc1)C(=O)c1cccs1. The molecule has 0 radical (unpaired) electrons. The minimum absolute atomic E-state index is 0.143.